The van der Waals surface area contributed by atoms with Gasteiger partial charge in [0.25, 0.3) is 0 Å². The normalized spacial score (nSPS) is 40.5. The second kappa shape index (κ2) is 3.10. The van der Waals surface area contributed by atoms with E-state index in [0.29, 0.717) is 30.0 Å². The Bertz CT molecular complexity index is 408. The van der Waals surface area contributed by atoms with Crippen LogP contribution in [0.5, 0.6) is 0 Å². The maximum atomic E-state index is 12.1. The number of hydrogen-bond donors (Lipinski definition) is 0. The lowest BCUT2D eigenvalue weighted by Gasteiger charge is -2.17. The van der Waals surface area contributed by atoms with Gasteiger partial charge in [-0.2, -0.15) is 0 Å². The summed E-state index contributed by atoms with van der Waals surface area (Å²) >= 11 is 0. The fourth-order valence-electron chi connectivity index (χ4n) is 3.40. The first kappa shape index (κ1) is 8.97. The van der Waals surface area contributed by atoms with Crippen LogP contribution in [0.1, 0.15) is 19.3 Å². The van der Waals surface area contributed by atoms with Crippen LogP contribution in [0.2, 0.25) is 0 Å². The molecule has 0 N–H and O–H groups in total. The quantitative estimate of drug-likeness (QED) is 0.491. The molecule has 4 atom stereocenters. The second-order valence-electron chi connectivity index (χ2n) is 4.81. The molecule has 1 saturated carbocycles. The molecule has 4 unspecified atom stereocenters. The van der Waals surface area contributed by atoms with Crippen LogP contribution in [0.4, 0.5) is 0 Å². The van der Waals surface area contributed by atoms with Gasteiger partial charge in [-0.3, -0.25) is 4.79 Å². The fourth-order valence-corrected chi connectivity index (χ4v) is 3.40. The van der Waals surface area contributed by atoms with Crippen LogP contribution in [0.15, 0.2) is 23.8 Å². The summed E-state index contributed by atoms with van der Waals surface area (Å²) in [6.07, 6.45) is 14.6. The molecule has 0 amide bonds. The van der Waals surface area contributed by atoms with E-state index >= 15 is 0 Å². The number of allylic oxidation sites excluding steroid dienone is 4. The summed E-state index contributed by atoms with van der Waals surface area (Å²) in [7, 11) is 0. The van der Waals surface area contributed by atoms with Gasteiger partial charge in [0.15, 0.2) is 5.78 Å². The molecule has 1 nitrogen and oxygen atoms in total. The molecule has 0 spiro atoms. The Morgan fingerprint density at radius 3 is 2.93 bits per heavy atom. The van der Waals surface area contributed by atoms with E-state index in [1.807, 2.05) is 0 Å². The van der Waals surface area contributed by atoms with Gasteiger partial charge in [0.1, 0.15) is 0 Å². The van der Waals surface area contributed by atoms with Gasteiger partial charge < -0.3 is 0 Å². The molecule has 3 rings (SSSR count). The average Bonchev–Trinajstić information content (AvgIpc) is 2.88. The summed E-state index contributed by atoms with van der Waals surface area (Å²) in [5.41, 5.74) is 1.00. The SMILES string of the molecule is C#CCCC1=CC2C3C=CC(C3)C2C1=O. The summed E-state index contributed by atoms with van der Waals surface area (Å²) < 4.78 is 0. The van der Waals surface area contributed by atoms with E-state index in [-0.39, 0.29) is 5.92 Å². The Morgan fingerprint density at radius 1 is 1.40 bits per heavy atom. The third kappa shape index (κ3) is 1.14. The van der Waals surface area contributed by atoms with Crippen molar-refractivity contribution in [1.29, 1.82) is 0 Å². The topological polar surface area (TPSA) is 17.1 Å². The Hall–Kier alpha value is -1.29. The lowest BCUT2D eigenvalue weighted by atomic mass is 9.85. The highest BCUT2D eigenvalue weighted by atomic mass is 16.1. The molecule has 0 aromatic heterocycles. The van der Waals surface area contributed by atoms with Gasteiger partial charge in [-0.1, -0.05) is 18.2 Å². The molecule has 0 aliphatic heterocycles. The Kier molecular flexibility index (Phi) is 1.85. The van der Waals surface area contributed by atoms with Gasteiger partial charge >= 0.3 is 0 Å². The summed E-state index contributed by atoms with van der Waals surface area (Å²) in [6, 6.07) is 0. The van der Waals surface area contributed by atoms with E-state index in [1.165, 1.54) is 6.42 Å². The molecular weight excluding hydrogens is 184 g/mol. The van der Waals surface area contributed by atoms with Crippen molar-refractivity contribution >= 4 is 5.78 Å². The predicted molar refractivity (Wildman–Crippen MR) is 58.9 cm³/mol. The molecule has 2 bridgehead atoms. The van der Waals surface area contributed by atoms with E-state index in [4.69, 9.17) is 6.42 Å². The summed E-state index contributed by atoms with van der Waals surface area (Å²) in [4.78, 5) is 12.1. The van der Waals surface area contributed by atoms with Crippen LogP contribution >= 0.6 is 0 Å². The zero-order valence-electron chi connectivity index (χ0n) is 8.65. The number of Topliss-reactive ketones (excluding diaryl/α,β-unsaturated/α-hetero) is 1. The van der Waals surface area contributed by atoms with E-state index < -0.39 is 0 Å². The van der Waals surface area contributed by atoms with Crippen molar-refractivity contribution < 1.29 is 4.79 Å². The minimum Gasteiger partial charge on any atom is -0.294 e. The van der Waals surface area contributed by atoms with E-state index in [1.54, 1.807) is 0 Å². The molecule has 1 heteroatoms. The second-order valence-corrected chi connectivity index (χ2v) is 4.81. The average molecular weight is 198 g/mol. The molecule has 0 aromatic carbocycles. The molecule has 0 heterocycles. The van der Waals surface area contributed by atoms with E-state index in [2.05, 4.69) is 24.1 Å². The minimum absolute atomic E-state index is 0.271. The lowest BCUT2D eigenvalue weighted by molar-refractivity contribution is -0.119. The van der Waals surface area contributed by atoms with Crippen molar-refractivity contribution in [3.63, 3.8) is 0 Å². The van der Waals surface area contributed by atoms with Gasteiger partial charge in [-0.15, -0.1) is 12.3 Å². The highest BCUT2D eigenvalue weighted by molar-refractivity contribution is 6.00. The first-order valence-electron chi connectivity index (χ1n) is 5.68. The number of hydrogen-bond acceptors (Lipinski definition) is 1. The van der Waals surface area contributed by atoms with Gasteiger partial charge in [0.2, 0.25) is 0 Å². The molecule has 76 valence electrons. The van der Waals surface area contributed by atoms with Gasteiger partial charge in [-0.05, 0) is 36.2 Å². The molecule has 0 radical (unpaired) electrons. The Labute approximate surface area is 90.2 Å². The molecule has 3 aliphatic carbocycles. The molecule has 15 heavy (non-hydrogen) atoms. The standard InChI is InChI=1S/C14H14O/c1-2-3-4-11-8-12-9-5-6-10(7-9)13(12)14(11)15/h1,5-6,8-10,12-13H,3-4,7H2. The number of terminal acetylenes is 1. The predicted octanol–water partition coefficient (Wildman–Crippen LogP) is 2.35. The number of ketones is 1. The van der Waals surface area contributed by atoms with Gasteiger partial charge in [0, 0.05) is 12.3 Å². The Morgan fingerprint density at radius 2 is 2.20 bits per heavy atom. The van der Waals surface area contributed by atoms with Crippen LogP contribution in [0.3, 0.4) is 0 Å². The molecule has 1 fully saturated rings. The molecule has 3 aliphatic rings. The number of rotatable bonds is 2. The summed E-state index contributed by atoms with van der Waals surface area (Å²) in [6.45, 7) is 0. The summed E-state index contributed by atoms with van der Waals surface area (Å²) in [5, 5.41) is 0. The van der Waals surface area contributed by atoms with Crippen molar-refractivity contribution in [2.24, 2.45) is 23.7 Å². The van der Waals surface area contributed by atoms with E-state index in [0.717, 1.165) is 12.0 Å². The monoisotopic (exact) mass is 198 g/mol. The zero-order chi connectivity index (χ0) is 10.4. The smallest absolute Gasteiger partial charge is 0.162 e. The molecule has 0 aromatic rings. The van der Waals surface area contributed by atoms with Gasteiger partial charge in [-0.25, -0.2) is 0 Å². The fraction of sp³-hybridized carbons (Fsp3) is 0.500. The van der Waals surface area contributed by atoms with Crippen LogP contribution in [0.25, 0.3) is 0 Å². The first-order valence-corrected chi connectivity index (χ1v) is 5.68. The highest BCUT2D eigenvalue weighted by Gasteiger charge is 2.50. The van der Waals surface area contributed by atoms with Crippen LogP contribution in [-0.4, -0.2) is 5.78 Å². The lowest BCUT2D eigenvalue weighted by Crippen LogP contribution is -2.21. The minimum atomic E-state index is 0.271. The third-order valence-corrected chi connectivity index (χ3v) is 4.07. The van der Waals surface area contributed by atoms with Crippen molar-refractivity contribution in [2.75, 3.05) is 0 Å². The number of carbonyl (C=O) groups is 1. The van der Waals surface area contributed by atoms with Crippen molar-refractivity contribution in [3.05, 3.63) is 23.8 Å². The highest BCUT2D eigenvalue weighted by Crippen LogP contribution is 2.53. The largest absolute Gasteiger partial charge is 0.294 e. The van der Waals surface area contributed by atoms with Crippen LogP contribution in [0, 0.1) is 36.0 Å². The maximum absolute atomic E-state index is 12.1. The summed E-state index contributed by atoms with van der Waals surface area (Å²) in [5.74, 6) is 4.92. The molecular formula is C14H14O. The molecule has 0 saturated heterocycles. The van der Waals surface area contributed by atoms with Crippen LogP contribution in [-0.2, 0) is 4.79 Å². The van der Waals surface area contributed by atoms with E-state index in [9.17, 15) is 4.79 Å². The first-order chi connectivity index (χ1) is 7.31. The third-order valence-electron chi connectivity index (χ3n) is 4.07. The number of fused-ring (bicyclic) bond motifs is 5. The Balaban J connectivity index is 1.84. The van der Waals surface area contributed by atoms with Crippen LogP contribution < -0.4 is 0 Å². The van der Waals surface area contributed by atoms with Crippen molar-refractivity contribution in [1.82, 2.24) is 0 Å². The van der Waals surface area contributed by atoms with Crippen molar-refractivity contribution in [2.45, 2.75) is 19.3 Å². The number of carbonyl (C=O) groups excluding carboxylic acids is 1. The maximum Gasteiger partial charge on any atom is 0.162 e. The van der Waals surface area contributed by atoms with Crippen molar-refractivity contribution in [3.8, 4) is 12.3 Å². The zero-order valence-corrected chi connectivity index (χ0v) is 8.65. The van der Waals surface area contributed by atoms with Gasteiger partial charge in [0.05, 0.1) is 0 Å².